The van der Waals surface area contributed by atoms with Crippen LogP contribution in [-0.4, -0.2) is 33.2 Å². The van der Waals surface area contributed by atoms with Crippen molar-refractivity contribution in [1.82, 2.24) is 5.32 Å². The third-order valence-corrected chi connectivity index (χ3v) is 2.57. The monoisotopic (exact) mass is 283 g/mol. The Kier molecular flexibility index (Phi) is 5.76. The van der Waals surface area contributed by atoms with Crippen molar-refractivity contribution in [3.8, 4) is 17.6 Å². The van der Waals surface area contributed by atoms with Crippen LogP contribution < -0.4 is 20.1 Å². The van der Waals surface area contributed by atoms with Gasteiger partial charge in [-0.1, -0.05) is 11.6 Å². The number of nitrogens with one attached hydrogen (secondary N) is 2. The predicted molar refractivity (Wildman–Crippen MR) is 71.7 cm³/mol. The minimum atomic E-state index is -0.296. The Labute approximate surface area is 116 Å². The summed E-state index contributed by atoms with van der Waals surface area (Å²) in [6.07, 6.45) is 0. The lowest BCUT2D eigenvalue weighted by atomic mass is 10.2. The molecule has 0 radical (unpaired) electrons. The van der Waals surface area contributed by atoms with E-state index in [9.17, 15) is 4.79 Å². The minimum Gasteiger partial charge on any atom is -0.495 e. The van der Waals surface area contributed by atoms with E-state index in [4.69, 9.17) is 26.3 Å². The number of halogens is 1. The van der Waals surface area contributed by atoms with Gasteiger partial charge in [-0.25, -0.2) is 0 Å². The quantitative estimate of drug-likeness (QED) is 0.771. The first-order valence-electron chi connectivity index (χ1n) is 5.41. The zero-order valence-electron chi connectivity index (χ0n) is 10.6. The van der Waals surface area contributed by atoms with Crippen molar-refractivity contribution in [2.45, 2.75) is 0 Å². The number of nitriles is 1. The van der Waals surface area contributed by atoms with Gasteiger partial charge in [0, 0.05) is 6.07 Å². The topological polar surface area (TPSA) is 83.4 Å². The zero-order chi connectivity index (χ0) is 14.3. The van der Waals surface area contributed by atoms with Gasteiger partial charge in [0.05, 0.1) is 37.5 Å². The Morgan fingerprint density at radius 3 is 2.63 bits per heavy atom. The van der Waals surface area contributed by atoms with Crippen molar-refractivity contribution in [2.24, 2.45) is 0 Å². The smallest absolute Gasteiger partial charge is 0.240 e. The maximum atomic E-state index is 11.4. The van der Waals surface area contributed by atoms with Crippen molar-refractivity contribution < 1.29 is 14.3 Å². The number of rotatable bonds is 6. The molecule has 0 atom stereocenters. The summed E-state index contributed by atoms with van der Waals surface area (Å²) in [5.41, 5.74) is 0.570. The summed E-state index contributed by atoms with van der Waals surface area (Å²) >= 11 is 5.99. The van der Waals surface area contributed by atoms with Crippen LogP contribution in [0.3, 0.4) is 0 Å². The van der Waals surface area contributed by atoms with Crippen molar-refractivity contribution in [1.29, 1.82) is 5.26 Å². The van der Waals surface area contributed by atoms with E-state index in [1.165, 1.54) is 14.2 Å². The van der Waals surface area contributed by atoms with E-state index >= 15 is 0 Å². The minimum absolute atomic E-state index is 0.0146. The van der Waals surface area contributed by atoms with E-state index < -0.39 is 0 Å². The fraction of sp³-hybridized carbons (Fsp3) is 0.333. The van der Waals surface area contributed by atoms with Gasteiger partial charge in [0.2, 0.25) is 5.91 Å². The Morgan fingerprint density at radius 1 is 1.37 bits per heavy atom. The van der Waals surface area contributed by atoms with Crippen LogP contribution in [0, 0.1) is 11.3 Å². The van der Waals surface area contributed by atoms with Gasteiger partial charge in [-0.3, -0.25) is 4.79 Å². The van der Waals surface area contributed by atoms with Crippen LogP contribution in [0.25, 0.3) is 0 Å². The molecule has 0 saturated carbocycles. The molecule has 2 N–H and O–H groups in total. The molecule has 1 aromatic rings. The first kappa shape index (κ1) is 14.9. The normalized spacial score (nSPS) is 9.37. The first-order valence-corrected chi connectivity index (χ1v) is 5.79. The number of hydrogen-bond acceptors (Lipinski definition) is 5. The first-order chi connectivity index (χ1) is 9.12. The molecular formula is C12H14ClN3O3. The second-order valence-electron chi connectivity index (χ2n) is 3.48. The summed E-state index contributed by atoms with van der Waals surface area (Å²) in [4.78, 5) is 11.4. The summed E-state index contributed by atoms with van der Waals surface area (Å²) in [7, 11) is 3.01. The number of ether oxygens (including phenoxy) is 2. The lowest BCUT2D eigenvalue weighted by molar-refractivity contribution is -0.119. The average molecular weight is 284 g/mol. The Bertz CT molecular complexity index is 500. The highest BCUT2D eigenvalue weighted by atomic mass is 35.5. The molecule has 0 aliphatic carbocycles. The number of amides is 1. The molecule has 1 amide bonds. The summed E-state index contributed by atoms with van der Waals surface area (Å²) in [5, 5.41) is 14.0. The number of benzene rings is 1. The van der Waals surface area contributed by atoms with Crippen molar-refractivity contribution in [3.63, 3.8) is 0 Å². The molecule has 0 aromatic heterocycles. The van der Waals surface area contributed by atoms with Crippen LogP contribution in [0.5, 0.6) is 11.5 Å². The number of carbonyl (C=O) groups is 1. The molecule has 19 heavy (non-hydrogen) atoms. The van der Waals surface area contributed by atoms with Gasteiger partial charge in [-0.05, 0) is 6.07 Å². The van der Waals surface area contributed by atoms with E-state index in [1.54, 1.807) is 12.1 Å². The fourth-order valence-electron chi connectivity index (χ4n) is 1.37. The average Bonchev–Trinajstić information content (AvgIpc) is 2.42. The lowest BCUT2D eigenvalue weighted by Gasteiger charge is -2.13. The highest BCUT2D eigenvalue weighted by Gasteiger charge is 2.10. The highest BCUT2D eigenvalue weighted by molar-refractivity contribution is 6.32. The molecule has 6 nitrogen and oxygen atoms in total. The Hall–Kier alpha value is -2.13. The Balaban J connectivity index is 2.75. The molecule has 7 heteroatoms. The molecule has 1 aromatic carbocycles. The van der Waals surface area contributed by atoms with Gasteiger partial charge in [0.25, 0.3) is 0 Å². The molecule has 0 saturated heterocycles. The molecule has 0 aliphatic rings. The van der Waals surface area contributed by atoms with Crippen LogP contribution in [0.1, 0.15) is 0 Å². The SMILES string of the molecule is COc1cc(OC)c(NCC(=O)NCC#N)cc1Cl. The van der Waals surface area contributed by atoms with Crippen LogP contribution in [0.2, 0.25) is 5.02 Å². The third-order valence-electron chi connectivity index (χ3n) is 2.28. The van der Waals surface area contributed by atoms with Crippen LogP contribution in [-0.2, 0) is 4.79 Å². The second-order valence-corrected chi connectivity index (χ2v) is 3.88. The standard InChI is InChI=1S/C12H14ClN3O3/c1-18-10-6-11(19-2)9(5-8(10)13)16-7-12(17)15-4-3-14/h5-6,16H,4,7H2,1-2H3,(H,15,17). The molecule has 0 heterocycles. The second kappa shape index (κ2) is 7.34. The van der Waals surface area contributed by atoms with Gasteiger partial charge < -0.3 is 20.1 Å². The summed E-state index contributed by atoms with van der Waals surface area (Å²) in [5.74, 6) is 0.697. The largest absolute Gasteiger partial charge is 0.495 e. The fourth-order valence-corrected chi connectivity index (χ4v) is 1.62. The van der Waals surface area contributed by atoms with E-state index in [1.807, 2.05) is 6.07 Å². The van der Waals surface area contributed by atoms with Crippen LogP contribution >= 0.6 is 11.6 Å². The maximum Gasteiger partial charge on any atom is 0.240 e. The van der Waals surface area contributed by atoms with E-state index in [0.717, 1.165) is 0 Å². The molecule has 0 unspecified atom stereocenters. The molecule has 0 aliphatic heterocycles. The number of carbonyl (C=O) groups excluding carboxylic acids is 1. The van der Waals surface area contributed by atoms with Gasteiger partial charge in [-0.2, -0.15) is 5.26 Å². The summed E-state index contributed by atoms with van der Waals surface area (Å²) in [6, 6.07) is 5.05. The van der Waals surface area contributed by atoms with Gasteiger partial charge in [0.15, 0.2) is 0 Å². The van der Waals surface area contributed by atoms with E-state index in [2.05, 4.69) is 10.6 Å². The van der Waals surface area contributed by atoms with Crippen LogP contribution in [0.4, 0.5) is 5.69 Å². The molecule has 0 spiro atoms. The number of methoxy groups -OCH3 is 2. The van der Waals surface area contributed by atoms with Crippen LogP contribution in [0.15, 0.2) is 12.1 Å². The van der Waals surface area contributed by atoms with Crippen molar-refractivity contribution in [2.75, 3.05) is 32.6 Å². The van der Waals surface area contributed by atoms with E-state index in [0.29, 0.717) is 22.2 Å². The summed E-state index contributed by atoms with van der Waals surface area (Å²) in [6.45, 7) is -0.0122. The van der Waals surface area contributed by atoms with E-state index in [-0.39, 0.29) is 19.0 Å². The molecule has 1 rings (SSSR count). The predicted octanol–water partition coefficient (Wildman–Crippen LogP) is 1.41. The van der Waals surface area contributed by atoms with Gasteiger partial charge in [-0.15, -0.1) is 0 Å². The highest BCUT2D eigenvalue weighted by Crippen LogP contribution is 2.35. The number of nitrogens with zero attached hydrogens (tertiary/aromatic N) is 1. The Morgan fingerprint density at radius 2 is 2.05 bits per heavy atom. The van der Waals surface area contributed by atoms with Crippen molar-refractivity contribution >= 4 is 23.2 Å². The summed E-state index contributed by atoms with van der Waals surface area (Å²) < 4.78 is 10.2. The number of anilines is 1. The van der Waals surface area contributed by atoms with Gasteiger partial charge >= 0.3 is 0 Å². The molecule has 102 valence electrons. The third kappa shape index (κ3) is 4.23. The lowest BCUT2D eigenvalue weighted by Crippen LogP contribution is -2.30. The molecular weight excluding hydrogens is 270 g/mol. The maximum absolute atomic E-state index is 11.4. The van der Waals surface area contributed by atoms with Crippen molar-refractivity contribution in [3.05, 3.63) is 17.2 Å². The zero-order valence-corrected chi connectivity index (χ0v) is 11.4. The molecule has 0 bridgehead atoms. The molecule has 0 fully saturated rings. The van der Waals surface area contributed by atoms with Gasteiger partial charge in [0.1, 0.15) is 18.0 Å². The number of hydrogen-bond donors (Lipinski definition) is 2.